The Hall–Kier alpha value is -4.61. The molecule has 18 nitrogen and oxygen atoms in total. The number of hydroxylamine groups is 2. The first-order valence-electron chi connectivity index (χ1n) is 20.3. The predicted octanol–water partition coefficient (Wildman–Crippen LogP) is 4.83. The molecule has 0 spiro atoms. The zero-order chi connectivity index (χ0) is 46.4. The van der Waals surface area contributed by atoms with Gasteiger partial charge in [-0.25, -0.2) is 4.79 Å². The van der Waals surface area contributed by atoms with E-state index in [0.717, 1.165) is 5.70 Å². The zero-order valence-electron chi connectivity index (χ0n) is 35.6. The summed E-state index contributed by atoms with van der Waals surface area (Å²) in [5.41, 5.74) is 2.18. The van der Waals surface area contributed by atoms with E-state index >= 15 is 0 Å². The predicted molar refractivity (Wildman–Crippen MR) is 230 cm³/mol. The molecule has 0 aromatic heterocycles. The van der Waals surface area contributed by atoms with Crippen LogP contribution in [0.15, 0.2) is 82.3 Å². The summed E-state index contributed by atoms with van der Waals surface area (Å²) in [4.78, 5) is 42.6. The maximum absolute atomic E-state index is 12.4. The summed E-state index contributed by atoms with van der Waals surface area (Å²) in [7, 11) is -10.4. The van der Waals surface area contributed by atoms with Gasteiger partial charge in [0, 0.05) is 81.1 Å². The lowest BCUT2D eigenvalue weighted by molar-refractivity contribution is -0.441. The SMILES string of the molecule is COCC[N+]1=C(/C=C/C=C/C=C2/N(CCCCCC(=O)ON3C(=O)CCC3=O)c3ccc(S(=O)(=O)O)cc3C2(C)CCOC)C(C)(CCCS(=O)(=O)O)c2cc(S(=O)(=O)O)ccc21. The van der Waals surface area contributed by atoms with Gasteiger partial charge in [-0.2, -0.15) is 29.8 Å². The van der Waals surface area contributed by atoms with E-state index in [1.165, 1.54) is 31.4 Å². The number of rotatable bonds is 22. The molecule has 1 saturated heterocycles. The van der Waals surface area contributed by atoms with Gasteiger partial charge in [0.1, 0.15) is 6.61 Å². The molecule has 3 aliphatic heterocycles. The Morgan fingerprint density at radius 2 is 1.41 bits per heavy atom. The van der Waals surface area contributed by atoms with Crippen molar-refractivity contribution in [2.24, 2.45) is 0 Å². The third-order valence-electron chi connectivity index (χ3n) is 11.6. The molecule has 2 amide bonds. The van der Waals surface area contributed by atoms with Crippen molar-refractivity contribution in [2.75, 3.05) is 51.2 Å². The van der Waals surface area contributed by atoms with Gasteiger partial charge >= 0.3 is 5.97 Å². The van der Waals surface area contributed by atoms with Crippen molar-refractivity contribution < 1.29 is 72.2 Å². The Morgan fingerprint density at radius 1 is 0.778 bits per heavy atom. The van der Waals surface area contributed by atoms with E-state index in [-0.39, 0.29) is 48.5 Å². The summed E-state index contributed by atoms with van der Waals surface area (Å²) in [6.45, 7) is 5.13. The minimum atomic E-state index is -4.59. The fourth-order valence-electron chi connectivity index (χ4n) is 8.37. The number of methoxy groups -OCH3 is 2. The molecule has 21 heteroatoms. The molecule has 2 unspecified atom stereocenters. The van der Waals surface area contributed by atoms with Crippen LogP contribution < -0.4 is 4.90 Å². The van der Waals surface area contributed by atoms with Crippen molar-refractivity contribution in [2.45, 2.75) is 92.3 Å². The summed E-state index contributed by atoms with van der Waals surface area (Å²) in [6.07, 6.45) is 11.2. The molecule has 0 aliphatic carbocycles. The quantitative estimate of drug-likeness (QED) is 0.0470. The molecule has 2 atom stereocenters. The van der Waals surface area contributed by atoms with Gasteiger partial charge in [0.15, 0.2) is 12.3 Å². The van der Waals surface area contributed by atoms with Crippen LogP contribution in [0.2, 0.25) is 0 Å². The van der Waals surface area contributed by atoms with Crippen molar-refractivity contribution in [1.29, 1.82) is 0 Å². The van der Waals surface area contributed by atoms with E-state index in [1.54, 1.807) is 37.5 Å². The molecular weight excluding hydrogens is 883 g/mol. The summed E-state index contributed by atoms with van der Waals surface area (Å²) in [5.74, 6) is -2.35. The number of nitrogens with zero attached hydrogens (tertiary/aromatic N) is 3. The van der Waals surface area contributed by atoms with Crippen molar-refractivity contribution in [3.05, 3.63) is 83.6 Å². The summed E-state index contributed by atoms with van der Waals surface area (Å²) < 4.78 is 115. The maximum Gasteiger partial charge on any atom is 0.333 e. The van der Waals surface area contributed by atoms with Gasteiger partial charge in [0.25, 0.3) is 42.2 Å². The number of benzene rings is 2. The van der Waals surface area contributed by atoms with Crippen molar-refractivity contribution in [3.8, 4) is 0 Å². The zero-order valence-corrected chi connectivity index (χ0v) is 38.0. The van der Waals surface area contributed by atoms with Gasteiger partial charge in [-0.1, -0.05) is 24.6 Å². The lowest BCUT2D eigenvalue weighted by atomic mass is 9.76. The smallest absolute Gasteiger partial charge is 0.333 e. The van der Waals surface area contributed by atoms with Crippen molar-refractivity contribution in [1.82, 2.24) is 5.06 Å². The Labute approximate surface area is 368 Å². The average molecular weight is 937 g/mol. The number of unbranched alkanes of at least 4 members (excludes halogenated alkanes) is 2. The molecule has 344 valence electrons. The average Bonchev–Trinajstić information content (AvgIpc) is 3.73. The van der Waals surface area contributed by atoms with Gasteiger partial charge < -0.3 is 19.2 Å². The van der Waals surface area contributed by atoms with Crippen LogP contribution in [-0.4, -0.2) is 118 Å². The Morgan fingerprint density at radius 3 is 2.03 bits per heavy atom. The van der Waals surface area contributed by atoms with E-state index in [9.17, 15) is 53.3 Å². The second kappa shape index (κ2) is 20.1. The number of ether oxygens (including phenoxy) is 2. The van der Waals surface area contributed by atoms with Crippen molar-refractivity contribution in [3.63, 3.8) is 0 Å². The fraction of sp³-hybridized carbons (Fsp3) is 0.476. The van der Waals surface area contributed by atoms with E-state index in [1.807, 2.05) is 35.5 Å². The number of hydrogen-bond donors (Lipinski definition) is 3. The number of fused-ring (bicyclic) bond motifs is 2. The number of imide groups is 1. The molecule has 3 N–H and O–H groups in total. The standard InChI is InChI=1S/C42H53N3O15S3/c1-41(21-11-27-61(49,50)51)32-28-30(62(52,53)54)16-18-35(32)44(24-26-59-4)36(41)12-7-5-8-13-37-42(2,22-25-58-3)33-29-31(63(55,56)57)15-17-34(33)43(37)23-10-6-9-14-40(48)60-45-38(46)19-20-39(45)47/h5,7-8,12-13,15-18,28-29H,6,9-11,14,19-27H2,1-4H3,(H2-,49,50,51,52,53,54,55,56,57)/p+1. The molecule has 3 aliphatic rings. The normalized spacial score (nSPS) is 21.2. The molecule has 2 aromatic rings. The van der Waals surface area contributed by atoms with Crippen LogP contribution in [0.3, 0.4) is 0 Å². The van der Waals surface area contributed by atoms with Gasteiger partial charge in [-0.05, 0) is 87.9 Å². The van der Waals surface area contributed by atoms with Crippen LogP contribution in [0.25, 0.3) is 0 Å². The third kappa shape index (κ3) is 11.6. The lowest BCUT2D eigenvalue weighted by Gasteiger charge is -2.30. The Kier molecular flexibility index (Phi) is 15.7. The molecular formula is C42H54N3O15S3+. The van der Waals surface area contributed by atoms with Crippen LogP contribution >= 0.6 is 0 Å². The van der Waals surface area contributed by atoms with Crippen LogP contribution in [-0.2, 0) is 69.9 Å². The highest BCUT2D eigenvalue weighted by molar-refractivity contribution is 7.86. The summed E-state index contributed by atoms with van der Waals surface area (Å²) in [6, 6.07) is 8.63. The van der Waals surface area contributed by atoms with Gasteiger partial charge in [0.05, 0.1) is 21.0 Å². The number of allylic oxidation sites excluding steroid dienone is 6. The second-order valence-corrected chi connectivity index (χ2v) is 20.4. The molecule has 5 rings (SSSR count). The van der Waals surface area contributed by atoms with Gasteiger partial charge in [0.2, 0.25) is 5.69 Å². The number of carbonyl (C=O) groups is 3. The number of amides is 2. The topological polar surface area (TPSA) is 251 Å². The molecule has 3 heterocycles. The number of anilines is 1. The number of hydrogen-bond acceptors (Lipinski definition) is 13. The Balaban J connectivity index is 1.47. The monoisotopic (exact) mass is 936 g/mol. The van der Waals surface area contributed by atoms with Crippen LogP contribution in [0.5, 0.6) is 0 Å². The fourth-order valence-corrected chi connectivity index (χ4v) is 9.89. The Bertz CT molecular complexity index is 2550. The third-order valence-corrected chi connectivity index (χ3v) is 14.1. The van der Waals surface area contributed by atoms with Crippen molar-refractivity contribution >= 4 is 65.2 Å². The van der Waals surface area contributed by atoms with Gasteiger partial charge in [-0.3, -0.25) is 23.2 Å². The second-order valence-electron chi connectivity index (χ2n) is 15.9. The molecule has 1 fully saturated rings. The molecule has 2 aromatic carbocycles. The maximum atomic E-state index is 12.4. The minimum Gasteiger partial charge on any atom is -0.385 e. The van der Waals surface area contributed by atoms with Crippen LogP contribution in [0, 0.1) is 0 Å². The van der Waals surface area contributed by atoms with E-state index in [0.29, 0.717) is 78.7 Å². The highest BCUT2D eigenvalue weighted by Crippen LogP contribution is 2.51. The lowest BCUT2D eigenvalue weighted by Crippen LogP contribution is -2.32. The molecule has 0 bridgehead atoms. The largest absolute Gasteiger partial charge is 0.385 e. The van der Waals surface area contributed by atoms with Gasteiger partial charge in [-0.15, -0.1) is 5.06 Å². The molecule has 0 saturated carbocycles. The first kappa shape index (κ1) is 49.4. The summed E-state index contributed by atoms with van der Waals surface area (Å²) in [5, 5.41) is 0.516. The summed E-state index contributed by atoms with van der Waals surface area (Å²) >= 11 is 0. The van der Waals surface area contributed by atoms with Crippen LogP contribution in [0.1, 0.15) is 82.8 Å². The molecule has 63 heavy (non-hydrogen) atoms. The van der Waals surface area contributed by atoms with E-state index in [4.69, 9.17) is 14.3 Å². The van der Waals surface area contributed by atoms with Crippen LogP contribution in [0.4, 0.5) is 11.4 Å². The minimum absolute atomic E-state index is 0.00829. The number of carbonyl (C=O) groups excluding carboxylic acids is 3. The first-order valence-corrected chi connectivity index (χ1v) is 24.8. The molecule has 0 radical (unpaired) electrons. The first-order chi connectivity index (χ1) is 29.5. The van der Waals surface area contributed by atoms with E-state index < -0.39 is 64.7 Å². The van der Waals surface area contributed by atoms with E-state index in [2.05, 4.69) is 0 Å². The highest BCUT2D eigenvalue weighted by Gasteiger charge is 2.48. The highest BCUT2D eigenvalue weighted by atomic mass is 32.2.